The van der Waals surface area contributed by atoms with E-state index in [2.05, 4.69) is 10.3 Å². The van der Waals surface area contributed by atoms with Crippen LogP contribution in [0.25, 0.3) is 12.2 Å². The Kier molecular flexibility index (Phi) is 7.13. The van der Waals surface area contributed by atoms with Gasteiger partial charge < -0.3 is 16.0 Å². The Labute approximate surface area is 198 Å². The van der Waals surface area contributed by atoms with Crippen molar-refractivity contribution in [3.8, 4) is 0 Å². The predicted molar refractivity (Wildman–Crippen MR) is 132 cm³/mol. The highest BCUT2D eigenvalue weighted by atomic mass is 16.2. The average molecular weight is 455 g/mol. The van der Waals surface area contributed by atoms with Crippen molar-refractivity contribution in [2.24, 2.45) is 11.7 Å². The summed E-state index contributed by atoms with van der Waals surface area (Å²) >= 11 is 0. The quantitative estimate of drug-likeness (QED) is 0.552. The molecule has 2 aromatic carbocycles. The SMILES string of the molecule is NC(=O)C1CCN(C(=O)c2ccccc2/C=C/c2ccc(NC(=O)c3ccccn3)cc2)CC1. The number of rotatable bonds is 6. The Morgan fingerprint density at radius 1 is 0.912 bits per heavy atom. The molecule has 3 N–H and O–H groups in total. The second-order valence-corrected chi connectivity index (χ2v) is 8.18. The first-order valence-corrected chi connectivity index (χ1v) is 11.2. The maximum Gasteiger partial charge on any atom is 0.274 e. The van der Waals surface area contributed by atoms with Crippen molar-refractivity contribution in [1.82, 2.24) is 9.88 Å². The van der Waals surface area contributed by atoms with Crippen molar-refractivity contribution < 1.29 is 14.4 Å². The molecule has 1 aromatic heterocycles. The van der Waals surface area contributed by atoms with E-state index in [9.17, 15) is 14.4 Å². The molecule has 7 heteroatoms. The summed E-state index contributed by atoms with van der Waals surface area (Å²) in [5.74, 6) is -0.763. The van der Waals surface area contributed by atoms with Crippen molar-refractivity contribution in [3.05, 3.63) is 95.3 Å². The van der Waals surface area contributed by atoms with E-state index >= 15 is 0 Å². The monoisotopic (exact) mass is 454 g/mol. The Morgan fingerprint density at radius 2 is 1.62 bits per heavy atom. The molecule has 2 heterocycles. The first kappa shape index (κ1) is 22.9. The van der Waals surface area contributed by atoms with Crippen LogP contribution in [0.1, 0.15) is 44.8 Å². The molecule has 0 spiro atoms. The minimum Gasteiger partial charge on any atom is -0.369 e. The molecule has 0 bridgehead atoms. The van der Waals surface area contributed by atoms with Gasteiger partial charge in [-0.1, -0.05) is 48.6 Å². The first-order valence-electron chi connectivity index (χ1n) is 11.2. The molecule has 0 atom stereocenters. The number of carbonyl (C=O) groups is 3. The van der Waals surface area contributed by atoms with Gasteiger partial charge in [0, 0.05) is 36.5 Å². The maximum absolute atomic E-state index is 13.1. The fourth-order valence-electron chi connectivity index (χ4n) is 3.93. The van der Waals surface area contributed by atoms with Crippen LogP contribution in [0.5, 0.6) is 0 Å². The van der Waals surface area contributed by atoms with E-state index in [4.69, 9.17) is 5.73 Å². The summed E-state index contributed by atoms with van der Waals surface area (Å²) in [5.41, 5.74) is 8.79. The largest absolute Gasteiger partial charge is 0.369 e. The van der Waals surface area contributed by atoms with Crippen molar-refractivity contribution in [3.63, 3.8) is 0 Å². The van der Waals surface area contributed by atoms with E-state index in [1.165, 1.54) is 0 Å². The number of primary amides is 1. The zero-order valence-corrected chi connectivity index (χ0v) is 18.7. The number of hydrogen-bond acceptors (Lipinski definition) is 4. The molecule has 0 saturated carbocycles. The van der Waals surface area contributed by atoms with Gasteiger partial charge in [0.15, 0.2) is 0 Å². The second kappa shape index (κ2) is 10.6. The number of amides is 3. The van der Waals surface area contributed by atoms with Gasteiger partial charge in [-0.25, -0.2) is 0 Å². The van der Waals surface area contributed by atoms with Crippen molar-refractivity contribution in [1.29, 1.82) is 0 Å². The highest BCUT2D eigenvalue weighted by Gasteiger charge is 2.27. The van der Waals surface area contributed by atoms with Crippen LogP contribution in [0.4, 0.5) is 5.69 Å². The number of nitrogens with two attached hydrogens (primary N) is 1. The van der Waals surface area contributed by atoms with Gasteiger partial charge in [0.1, 0.15) is 5.69 Å². The molecule has 0 unspecified atom stereocenters. The lowest BCUT2D eigenvalue weighted by Crippen LogP contribution is -2.41. The van der Waals surface area contributed by atoms with Gasteiger partial charge in [0.25, 0.3) is 11.8 Å². The number of aromatic nitrogens is 1. The second-order valence-electron chi connectivity index (χ2n) is 8.18. The van der Waals surface area contributed by atoms with E-state index in [0.717, 1.165) is 11.1 Å². The number of likely N-dealkylation sites (tertiary alicyclic amines) is 1. The fourth-order valence-corrected chi connectivity index (χ4v) is 3.93. The molecule has 7 nitrogen and oxygen atoms in total. The minimum absolute atomic E-state index is 0.0456. The summed E-state index contributed by atoms with van der Waals surface area (Å²) in [4.78, 5) is 42.6. The number of pyridine rings is 1. The molecular weight excluding hydrogens is 428 g/mol. The molecule has 1 fully saturated rings. The molecule has 3 aromatic rings. The Balaban J connectivity index is 1.42. The van der Waals surface area contributed by atoms with E-state index < -0.39 is 0 Å². The molecule has 3 amide bonds. The average Bonchev–Trinajstić information content (AvgIpc) is 2.88. The molecule has 172 valence electrons. The Hall–Kier alpha value is -4.26. The van der Waals surface area contributed by atoms with Crippen LogP contribution in [-0.4, -0.2) is 40.7 Å². The van der Waals surface area contributed by atoms with Crippen LogP contribution in [0.3, 0.4) is 0 Å². The number of piperidine rings is 1. The topological polar surface area (TPSA) is 105 Å². The van der Waals surface area contributed by atoms with Crippen LogP contribution < -0.4 is 11.1 Å². The summed E-state index contributed by atoms with van der Waals surface area (Å²) in [6, 6.07) is 20.1. The number of hydrogen-bond donors (Lipinski definition) is 2. The maximum atomic E-state index is 13.1. The molecule has 1 aliphatic rings. The third-order valence-electron chi connectivity index (χ3n) is 5.90. The van der Waals surface area contributed by atoms with E-state index in [1.54, 1.807) is 29.3 Å². The lowest BCUT2D eigenvalue weighted by Gasteiger charge is -2.31. The molecule has 0 radical (unpaired) electrons. The highest BCUT2D eigenvalue weighted by Crippen LogP contribution is 2.21. The van der Waals surface area contributed by atoms with Crippen molar-refractivity contribution in [2.75, 3.05) is 18.4 Å². The van der Waals surface area contributed by atoms with Crippen LogP contribution in [0.15, 0.2) is 72.9 Å². The van der Waals surface area contributed by atoms with Crippen molar-refractivity contribution in [2.45, 2.75) is 12.8 Å². The lowest BCUT2D eigenvalue weighted by molar-refractivity contribution is -0.123. The van der Waals surface area contributed by atoms with E-state index in [-0.39, 0.29) is 23.6 Å². The van der Waals surface area contributed by atoms with Gasteiger partial charge in [-0.15, -0.1) is 0 Å². The number of carbonyl (C=O) groups excluding carboxylic acids is 3. The lowest BCUT2D eigenvalue weighted by atomic mass is 9.95. The summed E-state index contributed by atoms with van der Waals surface area (Å²) in [5, 5.41) is 2.83. The Bertz CT molecular complexity index is 1200. The highest BCUT2D eigenvalue weighted by molar-refractivity contribution is 6.03. The van der Waals surface area contributed by atoms with E-state index in [1.807, 2.05) is 60.7 Å². The minimum atomic E-state index is -0.294. The van der Waals surface area contributed by atoms with Gasteiger partial charge in [-0.3, -0.25) is 19.4 Å². The fraction of sp³-hybridized carbons (Fsp3) is 0.185. The van der Waals surface area contributed by atoms with Crippen LogP contribution >= 0.6 is 0 Å². The predicted octanol–water partition coefficient (Wildman–Crippen LogP) is 3.84. The third kappa shape index (κ3) is 5.56. The summed E-state index contributed by atoms with van der Waals surface area (Å²) in [6.45, 7) is 1.05. The third-order valence-corrected chi connectivity index (χ3v) is 5.90. The zero-order chi connectivity index (χ0) is 23.9. The molecule has 1 aliphatic heterocycles. The Morgan fingerprint density at radius 3 is 2.29 bits per heavy atom. The summed E-state index contributed by atoms with van der Waals surface area (Å²) in [6.07, 6.45) is 6.61. The number of nitrogens with one attached hydrogen (secondary N) is 1. The standard InChI is InChI=1S/C27H26N4O3/c28-25(32)21-14-17-31(18-15-21)27(34)23-6-2-1-5-20(23)11-8-19-9-12-22(13-10-19)30-26(33)24-7-3-4-16-29-24/h1-13,16,21H,14-15,17-18H2,(H2,28,32)(H,30,33)/b11-8+. The number of nitrogens with zero attached hydrogens (tertiary/aromatic N) is 2. The first-order chi connectivity index (χ1) is 16.5. The number of anilines is 1. The summed E-state index contributed by atoms with van der Waals surface area (Å²) in [7, 11) is 0. The van der Waals surface area contributed by atoms with Crippen LogP contribution in [0, 0.1) is 5.92 Å². The molecular formula is C27H26N4O3. The van der Waals surface area contributed by atoms with Gasteiger partial charge in [0.2, 0.25) is 5.91 Å². The van der Waals surface area contributed by atoms with Crippen molar-refractivity contribution >= 4 is 35.6 Å². The van der Waals surface area contributed by atoms with Gasteiger partial charge >= 0.3 is 0 Å². The summed E-state index contributed by atoms with van der Waals surface area (Å²) < 4.78 is 0. The van der Waals surface area contributed by atoms with Gasteiger partial charge in [0.05, 0.1) is 0 Å². The van der Waals surface area contributed by atoms with Gasteiger partial charge in [-0.2, -0.15) is 0 Å². The number of benzene rings is 2. The molecule has 1 saturated heterocycles. The van der Waals surface area contributed by atoms with Crippen LogP contribution in [-0.2, 0) is 4.79 Å². The molecule has 4 rings (SSSR count). The smallest absolute Gasteiger partial charge is 0.274 e. The molecule has 34 heavy (non-hydrogen) atoms. The van der Waals surface area contributed by atoms with E-state index in [0.29, 0.717) is 42.9 Å². The zero-order valence-electron chi connectivity index (χ0n) is 18.7. The molecule has 0 aliphatic carbocycles. The normalized spacial score (nSPS) is 14.2. The van der Waals surface area contributed by atoms with Crippen LogP contribution in [0.2, 0.25) is 0 Å². The van der Waals surface area contributed by atoms with Gasteiger partial charge in [-0.05, 0) is 54.3 Å².